The lowest BCUT2D eigenvalue weighted by Crippen LogP contribution is -2.45. The van der Waals surface area contributed by atoms with Crippen molar-refractivity contribution in [3.63, 3.8) is 0 Å². The molecule has 3 nitrogen and oxygen atoms in total. The number of nitrogens with one attached hydrogen (secondary N) is 1. The Labute approximate surface area is 175 Å². The first-order valence-electron chi connectivity index (χ1n) is 9.43. The Hall–Kier alpha value is -2.07. The van der Waals surface area contributed by atoms with Crippen LogP contribution in [0, 0.1) is 5.41 Å². The largest absolute Gasteiger partial charge is 0.385 e. The predicted molar refractivity (Wildman–Crippen MR) is 117 cm³/mol. The zero-order valence-corrected chi connectivity index (χ0v) is 17.0. The monoisotopic (exact) mass is 412 g/mol. The number of hydrogen-bond acceptors (Lipinski definition) is 2. The summed E-state index contributed by atoms with van der Waals surface area (Å²) in [5.41, 5.74) is 0.992. The number of rotatable bonds is 3. The van der Waals surface area contributed by atoms with Gasteiger partial charge in [0.2, 0.25) is 0 Å². The standard InChI is InChI=1S/C23H22Cl2N2O/c24-19-9-7-18(8-10-19)23(28)11-13-27(14-12-23)21(26)15-17-6-5-16-3-1-2-4-20(16)22(17)25/h1-10,26,28H,11-15H2. The number of aliphatic hydroxyl groups is 1. The van der Waals surface area contributed by atoms with E-state index in [0.717, 1.165) is 26.9 Å². The molecule has 0 amide bonds. The quantitative estimate of drug-likeness (QED) is 0.431. The summed E-state index contributed by atoms with van der Waals surface area (Å²) in [6.45, 7) is 1.28. The maximum absolute atomic E-state index is 11.0. The van der Waals surface area contributed by atoms with Crippen LogP contribution in [0.1, 0.15) is 24.0 Å². The molecule has 4 rings (SSSR count). The molecule has 0 aliphatic carbocycles. The first kappa shape index (κ1) is 19.3. The summed E-state index contributed by atoms with van der Waals surface area (Å²) < 4.78 is 0. The summed E-state index contributed by atoms with van der Waals surface area (Å²) in [4.78, 5) is 2.04. The lowest BCUT2D eigenvalue weighted by atomic mass is 9.84. The van der Waals surface area contributed by atoms with Gasteiger partial charge in [0.05, 0.1) is 10.6 Å². The third-order valence-corrected chi connectivity index (χ3v) is 6.35. The predicted octanol–water partition coefficient (Wildman–Crippen LogP) is 5.65. The van der Waals surface area contributed by atoms with Gasteiger partial charge in [-0.15, -0.1) is 0 Å². The molecule has 1 aliphatic heterocycles. The molecule has 0 saturated carbocycles. The van der Waals surface area contributed by atoms with Crippen molar-refractivity contribution in [3.05, 3.63) is 81.8 Å². The van der Waals surface area contributed by atoms with Crippen LogP contribution in [0.2, 0.25) is 10.0 Å². The first-order chi connectivity index (χ1) is 13.5. The van der Waals surface area contributed by atoms with Crippen molar-refractivity contribution in [1.82, 2.24) is 4.90 Å². The second-order valence-electron chi connectivity index (χ2n) is 7.41. The topological polar surface area (TPSA) is 47.3 Å². The molecule has 5 heteroatoms. The van der Waals surface area contributed by atoms with Gasteiger partial charge in [-0.2, -0.15) is 0 Å². The maximum atomic E-state index is 11.0. The van der Waals surface area contributed by atoms with E-state index in [1.54, 1.807) is 0 Å². The van der Waals surface area contributed by atoms with Crippen LogP contribution in [0.15, 0.2) is 60.7 Å². The average molecular weight is 413 g/mol. The van der Waals surface area contributed by atoms with E-state index in [1.165, 1.54) is 0 Å². The summed E-state index contributed by atoms with van der Waals surface area (Å²) in [6, 6.07) is 19.5. The van der Waals surface area contributed by atoms with Gasteiger partial charge in [-0.3, -0.25) is 5.41 Å². The van der Waals surface area contributed by atoms with Crippen LogP contribution in [0.3, 0.4) is 0 Å². The van der Waals surface area contributed by atoms with Gasteiger partial charge in [-0.05, 0) is 41.5 Å². The van der Waals surface area contributed by atoms with Gasteiger partial charge < -0.3 is 10.0 Å². The zero-order valence-electron chi connectivity index (χ0n) is 15.5. The molecule has 0 unspecified atom stereocenters. The van der Waals surface area contributed by atoms with E-state index in [4.69, 9.17) is 28.6 Å². The van der Waals surface area contributed by atoms with Crippen LogP contribution < -0.4 is 0 Å². The molecule has 1 aliphatic rings. The summed E-state index contributed by atoms with van der Waals surface area (Å²) in [6.07, 6.45) is 1.66. The second-order valence-corrected chi connectivity index (χ2v) is 8.22. The van der Waals surface area contributed by atoms with Crippen molar-refractivity contribution in [2.45, 2.75) is 24.9 Å². The fraction of sp³-hybridized carbons (Fsp3) is 0.261. The summed E-state index contributed by atoms with van der Waals surface area (Å²) in [7, 11) is 0. The zero-order chi connectivity index (χ0) is 19.7. The molecule has 0 atom stereocenters. The van der Waals surface area contributed by atoms with Gasteiger partial charge in [0.15, 0.2) is 0 Å². The molecule has 3 aromatic rings. The minimum atomic E-state index is -0.859. The van der Waals surface area contributed by atoms with E-state index in [1.807, 2.05) is 59.5 Å². The number of benzene rings is 3. The Balaban J connectivity index is 1.44. The number of likely N-dealkylation sites (tertiary alicyclic amines) is 1. The van der Waals surface area contributed by atoms with Gasteiger partial charge in [-0.1, -0.05) is 71.7 Å². The summed E-state index contributed by atoms with van der Waals surface area (Å²) >= 11 is 12.6. The second kappa shape index (κ2) is 7.75. The molecule has 1 heterocycles. The molecule has 0 aromatic heterocycles. The number of nitrogens with zero attached hydrogens (tertiary/aromatic N) is 1. The Morgan fingerprint density at radius 3 is 2.36 bits per heavy atom. The van der Waals surface area contributed by atoms with Crippen LogP contribution in [0.25, 0.3) is 10.8 Å². The van der Waals surface area contributed by atoms with Gasteiger partial charge >= 0.3 is 0 Å². The summed E-state index contributed by atoms with van der Waals surface area (Å²) in [5, 5.41) is 23.1. The Morgan fingerprint density at radius 1 is 0.964 bits per heavy atom. The lowest BCUT2D eigenvalue weighted by molar-refractivity contribution is -0.0125. The van der Waals surface area contributed by atoms with Gasteiger partial charge in [0, 0.05) is 29.9 Å². The molecule has 0 radical (unpaired) electrons. The van der Waals surface area contributed by atoms with Gasteiger partial charge in [0.25, 0.3) is 0 Å². The van der Waals surface area contributed by atoms with Crippen LogP contribution in [0.4, 0.5) is 0 Å². The van der Waals surface area contributed by atoms with E-state index >= 15 is 0 Å². The van der Waals surface area contributed by atoms with Crippen LogP contribution in [-0.4, -0.2) is 28.9 Å². The van der Waals surface area contributed by atoms with E-state index in [9.17, 15) is 5.11 Å². The molecule has 1 fully saturated rings. The smallest absolute Gasteiger partial charge is 0.100 e. The SMILES string of the molecule is N=C(Cc1ccc2ccccc2c1Cl)N1CCC(O)(c2ccc(Cl)cc2)CC1. The minimum Gasteiger partial charge on any atom is -0.385 e. The third kappa shape index (κ3) is 3.75. The molecule has 28 heavy (non-hydrogen) atoms. The van der Waals surface area contributed by atoms with E-state index in [-0.39, 0.29) is 0 Å². The molecule has 1 saturated heterocycles. The number of halogens is 2. The van der Waals surface area contributed by atoms with Crippen LogP contribution >= 0.6 is 23.2 Å². The number of amidine groups is 1. The van der Waals surface area contributed by atoms with E-state index < -0.39 is 5.60 Å². The minimum absolute atomic E-state index is 0.489. The van der Waals surface area contributed by atoms with Crippen molar-refractivity contribution in [2.75, 3.05) is 13.1 Å². The number of fused-ring (bicyclic) bond motifs is 1. The molecule has 0 spiro atoms. The van der Waals surface area contributed by atoms with Crippen molar-refractivity contribution in [2.24, 2.45) is 0 Å². The fourth-order valence-electron chi connectivity index (χ4n) is 3.90. The molecular weight excluding hydrogens is 391 g/mol. The lowest BCUT2D eigenvalue weighted by Gasteiger charge is -2.39. The Kier molecular flexibility index (Phi) is 5.33. The van der Waals surface area contributed by atoms with Crippen LogP contribution in [0.5, 0.6) is 0 Å². The Morgan fingerprint density at radius 2 is 1.64 bits per heavy atom. The number of piperidine rings is 1. The molecular formula is C23H22Cl2N2O. The van der Waals surface area contributed by atoms with Crippen molar-refractivity contribution in [3.8, 4) is 0 Å². The molecule has 0 bridgehead atoms. The van der Waals surface area contributed by atoms with Gasteiger partial charge in [-0.25, -0.2) is 0 Å². The summed E-state index contributed by atoms with van der Waals surface area (Å²) in [5.74, 6) is 0.537. The van der Waals surface area contributed by atoms with E-state index in [2.05, 4.69) is 6.07 Å². The van der Waals surface area contributed by atoms with Crippen molar-refractivity contribution < 1.29 is 5.11 Å². The van der Waals surface area contributed by atoms with Gasteiger partial charge in [0.1, 0.15) is 5.84 Å². The van der Waals surface area contributed by atoms with Crippen molar-refractivity contribution >= 4 is 39.8 Å². The molecule has 2 N–H and O–H groups in total. The molecule has 3 aromatic carbocycles. The Bertz CT molecular complexity index is 1010. The molecule has 144 valence electrons. The van der Waals surface area contributed by atoms with E-state index in [0.29, 0.717) is 43.2 Å². The van der Waals surface area contributed by atoms with Crippen molar-refractivity contribution in [1.29, 1.82) is 5.41 Å². The highest BCUT2D eigenvalue weighted by Gasteiger charge is 2.34. The van der Waals surface area contributed by atoms with Crippen LogP contribution in [-0.2, 0) is 12.0 Å². The maximum Gasteiger partial charge on any atom is 0.100 e. The highest BCUT2D eigenvalue weighted by molar-refractivity contribution is 6.36. The highest BCUT2D eigenvalue weighted by atomic mass is 35.5. The number of hydrogen-bond donors (Lipinski definition) is 2. The average Bonchev–Trinajstić information content (AvgIpc) is 2.71. The third-order valence-electron chi connectivity index (χ3n) is 5.66. The first-order valence-corrected chi connectivity index (χ1v) is 10.2. The highest BCUT2D eigenvalue weighted by Crippen LogP contribution is 2.34. The normalized spacial score (nSPS) is 16.3. The fourth-order valence-corrected chi connectivity index (χ4v) is 4.33.